The maximum atomic E-state index is 12.5. The third-order valence-corrected chi connectivity index (χ3v) is 3.73. The molecule has 7 nitrogen and oxygen atoms in total. The number of ether oxygens (including phenoxy) is 3. The number of nitrogens with one attached hydrogen (secondary N) is 1. The van der Waals surface area contributed by atoms with Crippen molar-refractivity contribution in [3.05, 3.63) is 41.1 Å². The van der Waals surface area contributed by atoms with Crippen molar-refractivity contribution < 1.29 is 32.2 Å². The van der Waals surface area contributed by atoms with Crippen molar-refractivity contribution in [1.29, 1.82) is 0 Å². The predicted molar refractivity (Wildman–Crippen MR) is 93.7 cm³/mol. The molecule has 0 aliphatic carbocycles. The quantitative estimate of drug-likeness (QED) is 0.770. The van der Waals surface area contributed by atoms with Gasteiger partial charge in [0, 0.05) is 23.9 Å². The molecule has 0 saturated carbocycles. The maximum Gasteiger partial charge on any atom is 0.422 e. The summed E-state index contributed by atoms with van der Waals surface area (Å²) in [6.07, 6.45) is -3.09. The Bertz CT molecular complexity index is 821. The van der Waals surface area contributed by atoms with Crippen molar-refractivity contribution in [1.82, 2.24) is 15.3 Å². The number of carbonyl (C=O) groups excluding carboxylic acids is 1. The van der Waals surface area contributed by atoms with Crippen molar-refractivity contribution in [2.24, 2.45) is 0 Å². The van der Waals surface area contributed by atoms with Crippen molar-refractivity contribution in [2.75, 3.05) is 20.8 Å². The molecular formula is C18H20F3N3O4. The molecule has 1 amide bonds. The molecule has 0 bridgehead atoms. The van der Waals surface area contributed by atoms with E-state index in [1.807, 2.05) is 0 Å². The summed E-state index contributed by atoms with van der Waals surface area (Å²) >= 11 is 0. The van der Waals surface area contributed by atoms with Gasteiger partial charge in [0.15, 0.2) is 6.61 Å². The van der Waals surface area contributed by atoms with Crippen molar-refractivity contribution in [2.45, 2.75) is 26.1 Å². The van der Waals surface area contributed by atoms with Crippen molar-refractivity contribution in [3.8, 4) is 17.6 Å². The SMILES string of the molecule is COc1cc(C(=O)NC(C)c2cnc(OCC(F)(F)F)c(C)c2)cc(OC)n1. The first kappa shape index (κ1) is 21.3. The van der Waals surface area contributed by atoms with Gasteiger partial charge in [0.1, 0.15) is 0 Å². The molecule has 1 N–H and O–H groups in total. The third-order valence-electron chi connectivity index (χ3n) is 3.73. The van der Waals surface area contributed by atoms with Gasteiger partial charge in [0.2, 0.25) is 17.6 Å². The lowest BCUT2D eigenvalue weighted by Crippen LogP contribution is -2.27. The first-order valence-electron chi connectivity index (χ1n) is 8.20. The van der Waals surface area contributed by atoms with Crippen LogP contribution in [0.15, 0.2) is 24.4 Å². The molecule has 0 aliphatic rings. The minimum atomic E-state index is -4.44. The number of aryl methyl sites for hydroxylation is 1. The van der Waals surface area contributed by atoms with Crippen LogP contribution in [0.5, 0.6) is 17.6 Å². The number of carbonyl (C=O) groups is 1. The van der Waals surface area contributed by atoms with Crippen LogP contribution in [0.25, 0.3) is 0 Å². The van der Waals surface area contributed by atoms with E-state index in [0.29, 0.717) is 11.1 Å². The average Bonchev–Trinajstić information content (AvgIpc) is 2.65. The predicted octanol–water partition coefficient (Wildman–Crippen LogP) is 3.23. The van der Waals surface area contributed by atoms with Gasteiger partial charge in [0.25, 0.3) is 5.91 Å². The Labute approximate surface area is 159 Å². The Kier molecular flexibility index (Phi) is 6.66. The summed E-state index contributed by atoms with van der Waals surface area (Å²) in [4.78, 5) is 20.4. The minimum absolute atomic E-state index is 0.108. The summed E-state index contributed by atoms with van der Waals surface area (Å²) in [6.45, 7) is 1.88. The molecule has 0 aliphatic heterocycles. The summed E-state index contributed by atoms with van der Waals surface area (Å²) in [5, 5.41) is 2.78. The fraction of sp³-hybridized carbons (Fsp3) is 0.389. The van der Waals surface area contributed by atoms with Gasteiger partial charge in [-0.05, 0) is 25.5 Å². The van der Waals surface area contributed by atoms with E-state index in [1.54, 1.807) is 19.9 Å². The summed E-state index contributed by atoms with van der Waals surface area (Å²) < 4.78 is 51.6. The van der Waals surface area contributed by atoms with Crippen LogP contribution < -0.4 is 19.5 Å². The number of nitrogens with zero attached hydrogens (tertiary/aromatic N) is 2. The molecule has 152 valence electrons. The zero-order valence-corrected chi connectivity index (χ0v) is 15.8. The van der Waals surface area contributed by atoms with Gasteiger partial charge in [-0.3, -0.25) is 4.79 Å². The largest absolute Gasteiger partial charge is 0.481 e. The van der Waals surface area contributed by atoms with E-state index in [1.165, 1.54) is 32.5 Å². The molecule has 1 atom stereocenters. The molecular weight excluding hydrogens is 379 g/mol. The third kappa shape index (κ3) is 5.73. The van der Waals surface area contributed by atoms with Gasteiger partial charge in [-0.15, -0.1) is 0 Å². The average molecular weight is 399 g/mol. The number of pyridine rings is 2. The number of hydrogen-bond acceptors (Lipinski definition) is 6. The second-order valence-corrected chi connectivity index (χ2v) is 5.93. The molecule has 2 aromatic rings. The number of amides is 1. The Morgan fingerprint density at radius 3 is 2.29 bits per heavy atom. The Balaban J connectivity index is 2.11. The van der Waals surface area contributed by atoms with E-state index in [-0.39, 0.29) is 23.2 Å². The fourth-order valence-corrected chi connectivity index (χ4v) is 2.31. The maximum absolute atomic E-state index is 12.5. The Morgan fingerprint density at radius 1 is 1.18 bits per heavy atom. The smallest absolute Gasteiger partial charge is 0.422 e. The van der Waals surface area contributed by atoms with Crippen LogP contribution in [0, 0.1) is 6.92 Å². The molecule has 0 spiro atoms. The van der Waals surface area contributed by atoms with Crippen molar-refractivity contribution >= 4 is 5.91 Å². The molecule has 10 heteroatoms. The standard InChI is InChI=1S/C18H20F3N3O4/c1-10-5-13(8-22-17(10)28-9-18(19,20)21)11(2)23-16(25)12-6-14(26-3)24-15(7-12)27-4/h5-8,11H,9H2,1-4H3,(H,23,25). The number of rotatable bonds is 7. The van der Waals surface area contributed by atoms with Crippen LogP contribution in [0.4, 0.5) is 13.2 Å². The second kappa shape index (κ2) is 8.77. The van der Waals surface area contributed by atoms with Gasteiger partial charge in [-0.2, -0.15) is 18.2 Å². The van der Waals surface area contributed by atoms with E-state index in [9.17, 15) is 18.0 Å². The van der Waals surface area contributed by atoms with Gasteiger partial charge in [0.05, 0.1) is 25.8 Å². The normalized spacial score (nSPS) is 12.2. The lowest BCUT2D eigenvalue weighted by atomic mass is 10.1. The highest BCUT2D eigenvalue weighted by atomic mass is 19.4. The highest BCUT2D eigenvalue weighted by Gasteiger charge is 2.29. The van der Waals surface area contributed by atoms with Crippen molar-refractivity contribution in [3.63, 3.8) is 0 Å². The second-order valence-electron chi connectivity index (χ2n) is 5.93. The Hall–Kier alpha value is -3.04. The summed E-state index contributed by atoms with van der Waals surface area (Å²) in [7, 11) is 2.84. The zero-order valence-electron chi connectivity index (χ0n) is 15.8. The van der Waals surface area contributed by atoms with Crippen LogP contribution >= 0.6 is 0 Å². The van der Waals surface area contributed by atoms with Gasteiger partial charge in [-0.1, -0.05) is 0 Å². The van der Waals surface area contributed by atoms with E-state index >= 15 is 0 Å². The van der Waals surface area contributed by atoms with Crippen LogP contribution in [-0.4, -0.2) is 42.9 Å². The van der Waals surface area contributed by atoms with Crippen LogP contribution in [-0.2, 0) is 0 Å². The van der Waals surface area contributed by atoms with E-state index in [0.717, 1.165) is 0 Å². The van der Waals surface area contributed by atoms with Crippen LogP contribution in [0.1, 0.15) is 34.5 Å². The molecule has 0 saturated heterocycles. The van der Waals surface area contributed by atoms with Gasteiger partial charge >= 0.3 is 6.18 Å². The summed E-state index contributed by atoms with van der Waals surface area (Å²) in [6, 6.07) is 4.07. The van der Waals surface area contributed by atoms with E-state index in [2.05, 4.69) is 20.0 Å². The number of methoxy groups -OCH3 is 2. The molecule has 0 radical (unpaired) electrons. The monoisotopic (exact) mass is 399 g/mol. The van der Waals surface area contributed by atoms with E-state index in [4.69, 9.17) is 9.47 Å². The lowest BCUT2D eigenvalue weighted by Gasteiger charge is -2.17. The minimum Gasteiger partial charge on any atom is -0.481 e. The topological polar surface area (TPSA) is 82.6 Å². The molecule has 28 heavy (non-hydrogen) atoms. The van der Waals surface area contributed by atoms with Gasteiger partial charge in [-0.25, -0.2) is 4.98 Å². The molecule has 1 unspecified atom stereocenters. The molecule has 2 rings (SSSR count). The number of aromatic nitrogens is 2. The first-order chi connectivity index (χ1) is 13.1. The molecule has 2 heterocycles. The molecule has 0 fully saturated rings. The first-order valence-corrected chi connectivity index (χ1v) is 8.20. The highest BCUT2D eigenvalue weighted by molar-refractivity contribution is 5.95. The summed E-state index contributed by atoms with van der Waals surface area (Å²) in [5.41, 5.74) is 1.32. The zero-order chi connectivity index (χ0) is 20.9. The Morgan fingerprint density at radius 2 is 1.79 bits per heavy atom. The van der Waals surface area contributed by atoms with Crippen LogP contribution in [0.3, 0.4) is 0 Å². The number of alkyl halides is 3. The summed E-state index contributed by atoms with van der Waals surface area (Å²) in [5.74, 6) is -0.0635. The fourth-order valence-electron chi connectivity index (χ4n) is 2.31. The number of hydrogen-bond donors (Lipinski definition) is 1. The van der Waals surface area contributed by atoms with Crippen LogP contribution in [0.2, 0.25) is 0 Å². The lowest BCUT2D eigenvalue weighted by molar-refractivity contribution is -0.154. The molecule has 0 aromatic carbocycles. The van der Waals surface area contributed by atoms with Gasteiger partial charge < -0.3 is 19.5 Å². The molecule has 2 aromatic heterocycles. The van der Waals surface area contributed by atoms with E-state index < -0.39 is 24.7 Å². The number of halogens is 3. The highest BCUT2D eigenvalue weighted by Crippen LogP contribution is 2.23.